The van der Waals surface area contributed by atoms with Crippen LogP contribution >= 0.6 is 0 Å². The van der Waals surface area contributed by atoms with Crippen LogP contribution in [0.3, 0.4) is 0 Å². The zero-order chi connectivity index (χ0) is 5.72. The normalized spacial score (nSPS) is 49.6. The predicted molar refractivity (Wildman–Crippen MR) is 31.3 cm³/mol. The molecule has 2 rings (SSSR count). The van der Waals surface area contributed by atoms with Crippen molar-refractivity contribution in [2.24, 2.45) is 11.8 Å². The standard InChI is InChI=1S/C7H8O/c1-4-5-2-3-6(8)7(4)5/h2-3,5-8H,1H2/t5-,6+,7+/m0/s1. The molecule has 1 nitrogen and oxygen atoms in total. The van der Waals surface area contributed by atoms with Crippen LogP contribution in [0.15, 0.2) is 24.3 Å². The molecule has 0 unspecified atom stereocenters. The SMILES string of the molecule is C=C1[C@H]2[C@H](O)C=C[C@@H]12. The molecule has 0 radical (unpaired) electrons. The van der Waals surface area contributed by atoms with Crippen LogP contribution in [0.2, 0.25) is 0 Å². The summed E-state index contributed by atoms with van der Waals surface area (Å²) in [5.41, 5.74) is 1.21. The van der Waals surface area contributed by atoms with Gasteiger partial charge in [0, 0.05) is 11.8 Å². The van der Waals surface area contributed by atoms with Gasteiger partial charge in [-0.2, -0.15) is 0 Å². The molecule has 0 aromatic heterocycles. The molecule has 2 aliphatic rings. The molecule has 0 spiro atoms. The molecular weight excluding hydrogens is 100 g/mol. The summed E-state index contributed by atoms with van der Waals surface area (Å²) in [4.78, 5) is 0. The lowest BCUT2D eigenvalue weighted by Crippen LogP contribution is -2.01. The minimum absolute atomic E-state index is 0.215. The summed E-state index contributed by atoms with van der Waals surface area (Å²) in [6.07, 6.45) is 3.68. The number of aliphatic hydroxyl groups excluding tert-OH is 1. The minimum atomic E-state index is -0.215. The van der Waals surface area contributed by atoms with E-state index in [9.17, 15) is 0 Å². The fourth-order valence-corrected chi connectivity index (χ4v) is 1.39. The van der Waals surface area contributed by atoms with E-state index in [0.29, 0.717) is 11.8 Å². The van der Waals surface area contributed by atoms with Crippen LogP contribution in [-0.4, -0.2) is 11.2 Å². The molecule has 1 saturated carbocycles. The fourth-order valence-electron chi connectivity index (χ4n) is 1.39. The molecular formula is C7H8O. The number of rotatable bonds is 0. The quantitative estimate of drug-likeness (QED) is 0.453. The first kappa shape index (κ1) is 4.33. The van der Waals surface area contributed by atoms with Gasteiger partial charge in [0.1, 0.15) is 0 Å². The minimum Gasteiger partial charge on any atom is -0.388 e. The number of hydrogen-bond acceptors (Lipinski definition) is 1. The summed E-state index contributed by atoms with van der Waals surface area (Å²) in [7, 11) is 0. The Bertz CT molecular complexity index is 169. The van der Waals surface area contributed by atoms with Gasteiger partial charge in [0.2, 0.25) is 0 Å². The Morgan fingerprint density at radius 1 is 1.50 bits per heavy atom. The van der Waals surface area contributed by atoms with E-state index in [4.69, 9.17) is 5.11 Å². The van der Waals surface area contributed by atoms with Gasteiger partial charge in [-0.1, -0.05) is 24.3 Å². The van der Waals surface area contributed by atoms with Crippen molar-refractivity contribution >= 4 is 0 Å². The van der Waals surface area contributed by atoms with Crippen molar-refractivity contribution in [1.82, 2.24) is 0 Å². The second kappa shape index (κ2) is 1.06. The third kappa shape index (κ3) is 0.315. The van der Waals surface area contributed by atoms with Gasteiger partial charge in [-0.3, -0.25) is 0 Å². The van der Waals surface area contributed by atoms with Crippen LogP contribution in [0.5, 0.6) is 0 Å². The van der Waals surface area contributed by atoms with Crippen molar-refractivity contribution in [2.45, 2.75) is 6.10 Å². The van der Waals surface area contributed by atoms with Gasteiger partial charge in [0.15, 0.2) is 0 Å². The fraction of sp³-hybridized carbons (Fsp3) is 0.429. The van der Waals surface area contributed by atoms with E-state index >= 15 is 0 Å². The monoisotopic (exact) mass is 108 g/mol. The molecule has 0 bridgehead atoms. The van der Waals surface area contributed by atoms with E-state index in [1.165, 1.54) is 5.57 Å². The Morgan fingerprint density at radius 3 is 2.50 bits per heavy atom. The van der Waals surface area contributed by atoms with Gasteiger partial charge in [0.05, 0.1) is 6.10 Å². The zero-order valence-electron chi connectivity index (χ0n) is 4.54. The molecule has 42 valence electrons. The number of allylic oxidation sites excluding steroid dienone is 1. The molecule has 0 amide bonds. The van der Waals surface area contributed by atoms with Crippen LogP contribution in [-0.2, 0) is 0 Å². The second-order valence-corrected chi connectivity index (χ2v) is 2.50. The molecule has 1 fully saturated rings. The van der Waals surface area contributed by atoms with Crippen molar-refractivity contribution in [2.75, 3.05) is 0 Å². The van der Waals surface area contributed by atoms with Gasteiger partial charge in [-0.25, -0.2) is 0 Å². The highest BCUT2D eigenvalue weighted by Gasteiger charge is 2.47. The molecule has 1 heteroatoms. The number of aliphatic hydroxyl groups is 1. The van der Waals surface area contributed by atoms with Crippen molar-refractivity contribution < 1.29 is 5.11 Å². The van der Waals surface area contributed by atoms with Gasteiger partial charge in [0.25, 0.3) is 0 Å². The van der Waals surface area contributed by atoms with Crippen molar-refractivity contribution in [3.05, 3.63) is 24.3 Å². The summed E-state index contributed by atoms with van der Waals surface area (Å²) >= 11 is 0. The van der Waals surface area contributed by atoms with E-state index in [1.54, 1.807) is 0 Å². The van der Waals surface area contributed by atoms with Crippen molar-refractivity contribution in [3.63, 3.8) is 0 Å². The highest BCUT2D eigenvalue weighted by Crippen LogP contribution is 2.51. The summed E-state index contributed by atoms with van der Waals surface area (Å²) in [6, 6.07) is 0. The largest absolute Gasteiger partial charge is 0.388 e. The molecule has 1 N–H and O–H groups in total. The van der Waals surface area contributed by atoms with Gasteiger partial charge in [-0.15, -0.1) is 0 Å². The molecule has 0 aromatic carbocycles. The van der Waals surface area contributed by atoms with Crippen LogP contribution in [0.4, 0.5) is 0 Å². The van der Waals surface area contributed by atoms with Crippen LogP contribution < -0.4 is 0 Å². The second-order valence-electron chi connectivity index (χ2n) is 2.50. The van der Waals surface area contributed by atoms with Crippen molar-refractivity contribution in [1.29, 1.82) is 0 Å². The predicted octanol–water partition coefficient (Wildman–Crippen LogP) is 0.719. The Hall–Kier alpha value is -0.560. The average Bonchev–Trinajstić information content (AvgIpc) is 2.13. The molecule has 8 heavy (non-hydrogen) atoms. The lowest BCUT2D eigenvalue weighted by Gasteiger charge is -1.94. The maximum atomic E-state index is 9.06. The highest BCUT2D eigenvalue weighted by atomic mass is 16.3. The summed E-state index contributed by atoms with van der Waals surface area (Å²) in [5.74, 6) is 0.931. The van der Waals surface area contributed by atoms with Crippen LogP contribution in [0, 0.1) is 11.8 Å². The topological polar surface area (TPSA) is 20.2 Å². The highest BCUT2D eigenvalue weighted by molar-refractivity contribution is 5.40. The van der Waals surface area contributed by atoms with Gasteiger partial charge >= 0.3 is 0 Å². The van der Waals surface area contributed by atoms with E-state index < -0.39 is 0 Å². The smallest absolute Gasteiger partial charge is 0.0795 e. The number of fused-ring (bicyclic) bond motifs is 1. The summed E-state index contributed by atoms with van der Waals surface area (Å²) in [6.45, 7) is 3.79. The Labute approximate surface area is 48.3 Å². The third-order valence-electron chi connectivity index (χ3n) is 2.02. The Morgan fingerprint density at radius 2 is 2.25 bits per heavy atom. The van der Waals surface area contributed by atoms with E-state index in [1.807, 2.05) is 12.2 Å². The lowest BCUT2D eigenvalue weighted by molar-refractivity contribution is 0.208. The third-order valence-corrected chi connectivity index (χ3v) is 2.02. The first-order chi connectivity index (χ1) is 3.80. The Kier molecular flexibility index (Phi) is 0.571. The van der Waals surface area contributed by atoms with Crippen LogP contribution in [0.25, 0.3) is 0 Å². The van der Waals surface area contributed by atoms with Crippen molar-refractivity contribution in [3.8, 4) is 0 Å². The summed E-state index contributed by atoms with van der Waals surface area (Å²) < 4.78 is 0. The average molecular weight is 108 g/mol. The van der Waals surface area contributed by atoms with Gasteiger partial charge < -0.3 is 5.11 Å². The molecule has 0 saturated heterocycles. The van der Waals surface area contributed by atoms with E-state index in [0.717, 1.165) is 0 Å². The lowest BCUT2D eigenvalue weighted by atomic mass is 10.2. The first-order valence-electron chi connectivity index (χ1n) is 2.86. The maximum absolute atomic E-state index is 9.06. The van der Waals surface area contributed by atoms with Gasteiger partial charge in [-0.05, 0) is 0 Å². The zero-order valence-corrected chi connectivity index (χ0v) is 4.54. The molecule has 0 aliphatic heterocycles. The van der Waals surface area contributed by atoms with E-state index in [-0.39, 0.29) is 6.10 Å². The Balaban J connectivity index is 2.29. The molecule has 0 heterocycles. The molecule has 3 atom stereocenters. The number of hydrogen-bond donors (Lipinski definition) is 1. The maximum Gasteiger partial charge on any atom is 0.0795 e. The van der Waals surface area contributed by atoms with E-state index in [2.05, 4.69) is 6.58 Å². The molecule has 0 aromatic rings. The summed E-state index contributed by atoms with van der Waals surface area (Å²) in [5, 5.41) is 9.06. The molecule has 2 aliphatic carbocycles. The first-order valence-corrected chi connectivity index (χ1v) is 2.86. The van der Waals surface area contributed by atoms with Crippen LogP contribution in [0.1, 0.15) is 0 Å².